The molecule has 2 fully saturated rings. The van der Waals surface area contributed by atoms with E-state index in [2.05, 4.69) is 30.1 Å². The van der Waals surface area contributed by atoms with Gasteiger partial charge in [0, 0.05) is 25.2 Å². The molecule has 1 unspecified atom stereocenters. The van der Waals surface area contributed by atoms with E-state index in [4.69, 9.17) is 11.6 Å². The van der Waals surface area contributed by atoms with Gasteiger partial charge in [-0.1, -0.05) is 23.7 Å². The zero-order chi connectivity index (χ0) is 12.8. The molecule has 0 amide bonds. The van der Waals surface area contributed by atoms with Gasteiger partial charge in [-0.2, -0.15) is 0 Å². The number of nitrogens with zero attached hydrogens (tertiary/aromatic N) is 1. The molecule has 2 aliphatic rings. The first-order valence-corrected chi connectivity index (χ1v) is 7.23. The third-order valence-corrected chi connectivity index (χ3v) is 4.72. The van der Waals surface area contributed by atoms with Gasteiger partial charge in [0.25, 0.3) is 0 Å². The summed E-state index contributed by atoms with van der Waals surface area (Å²) in [5.74, 6) is 0.850. The molecule has 1 heterocycles. The van der Waals surface area contributed by atoms with Crippen LogP contribution in [0, 0.1) is 12.8 Å². The minimum atomic E-state index is 0.268. The van der Waals surface area contributed by atoms with Crippen LogP contribution in [0.2, 0.25) is 5.02 Å². The number of halogens is 1. The standard InChI is InChI=1S/C15H21ClN2/c1-11-4-3-5-13(16)14(11)18-9-8-17-15(2,10-18)12-6-7-12/h3-5,12,17H,6-10H2,1-2H3. The fourth-order valence-corrected chi connectivity index (χ4v) is 3.56. The SMILES string of the molecule is Cc1cccc(Cl)c1N1CCNC(C)(C2CC2)C1. The lowest BCUT2D eigenvalue weighted by molar-refractivity contribution is 0.285. The van der Waals surface area contributed by atoms with Crippen molar-refractivity contribution in [3.8, 4) is 0 Å². The van der Waals surface area contributed by atoms with Crippen LogP contribution in [0.25, 0.3) is 0 Å². The maximum atomic E-state index is 6.39. The van der Waals surface area contributed by atoms with Gasteiger partial charge >= 0.3 is 0 Å². The van der Waals surface area contributed by atoms with Gasteiger partial charge in [-0.15, -0.1) is 0 Å². The summed E-state index contributed by atoms with van der Waals surface area (Å²) in [6, 6.07) is 6.18. The Balaban J connectivity index is 1.88. The second kappa shape index (κ2) is 4.43. The Bertz CT molecular complexity index is 436. The zero-order valence-corrected chi connectivity index (χ0v) is 11.9. The van der Waals surface area contributed by atoms with E-state index in [0.717, 1.165) is 30.6 Å². The highest BCUT2D eigenvalue weighted by molar-refractivity contribution is 6.33. The minimum Gasteiger partial charge on any atom is -0.367 e. The second-order valence-corrected chi connectivity index (χ2v) is 6.35. The van der Waals surface area contributed by atoms with Gasteiger partial charge in [0.1, 0.15) is 0 Å². The van der Waals surface area contributed by atoms with E-state index in [1.165, 1.54) is 24.1 Å². The van der Waals surface area contributed by atoms with Crippen LogP contribution in [0.5, 0.6) is 0 Å². The van der Waals surface area contributed by atoms with Crippen LogP contribution in [0.3, 0.4) is 0 Å². The van der Waals surface area contributed by atoms with Crippen molar-refractivity contribution >= 4 is 17.3 Å². The Morgan fingerprint density at radius 3 is 2.83 bits per heavy atom. The van der Waals surface area contributed by atoms with E-state index in [0.29, 0.717) is 0 Å². The van der Waals surface area contributed by atoms with Crippen LogP contribution in [-0.2, 0) is 0 Å². The molecule has 1 atom stereocenters. The van der Waals surface area contributed by atoms with Gasteiger partial charge in [-0.3, -0.25) is 0 Å². The predicted molar refractivity (Wildman–Crippen MR) is 77.5 cm³/mol. The first kappa shape index (κ1) is 12.3. The average molecular weight is 265 g/mol. The third kappa shape index (κ3) is 2.12. The molecule has 1 aliphatic carbocycles. The second-order valence-electron chi connectivity index (χ2n) is 5.95. The molecule has 0 radical (unpaired) electrons. The third-order valence-electron chi connectivity index (χ3n) is 4.41. The molecular formula is C15H21ClN2. The minimum absolute atomic E-state index is 0.268. The Hall–Kier alpha value is -0.730. The van der Waals surface area contributed by atoms with Crippen molar-refractivity contribution < 1.29 is 0 Å². The van der Waals surface area contributed by atoms with Gasteiger partial charge in [-0.25, -0.2) is 0 Å². The largest absolute Gasteiger partial charge is 0.367 e. The van der Waals surface area contributed by atoms with Gasteiger partial charge in [0.05, 0.1) is 10.7 Å². The molecule has 0 bridgehead atoms. The van der Waals surface area contributed by atoms with Crippen molar-refractivity contribution in [2.24, 2.45) is 5.92 Å². The molecule has 2 nitrogen and oxygen atoms in total. The Labute approximate surface area is 114 Å². The zero-order valence-electron chi connectivity index (χ0n) is 11.2. The van der Waals surface area contributed by atoms with Crippen LogP contribution in [0.1, 0.15) is 25.3 Å². The molecule has 1 aromatic carbocycles. The molecule has 1 aromatic rings. The van der Waals surface area contributed by atoms with Crippen LogP contribution in [0.15, 0.2) is 18.2 Å². The summed E-state index contributed by atoms with van der Waals surface area (Å²) < 4.78 is 0. The van der Waals surface area contributed by atoms with Crippen molar-refractivity contribution in [3.05, 3.63) is 28.8 Å². The Kier molecular flexibility index (Phi) is 3.03. The average Bonchev–Trinajstić information content (AvgIpc) is 3.13. The lowest BCUT2D eigenvalue weighted by atomic mass is 9.92. The van der Waals surface area contributed by atoms with E-state index < -0.39 is 0 Å². The fourth-order valence-electron chi connectivity index (χ4n) is 3.22. The van der Waals surface area contributed by atoms with E-state index in [9.17, 15) is 0 Å². The molecular weight excluding hydrogens is 244 g/mol. The number of piperazine rings is 1. The lowest BCUT2D eigenvalue weighted by Crippen LogP contribution is -2.60. The highest BCUT2D eigenvalue weighted by atomic mass is 35.5. The normalized spacial score (nSPS) is 28.5. The van der Waals surface area contributed by atoms with Crippen molar-refractivity contribution in [1.82, 2.24) is 5.32 Å². The molecule has 1 N–H and O–H groups in total. The monoisotopic (exact) mass is 264 g/mol. The first-order chi connectivity index (χ1) is 8.60. The van der Waals surface area contributed by atoms with Gasteiger partial charge in [-0.05, 0) is 44.2 Å². The predicted octanol–water partition coefficient (Wildman–Crippen LogP) is 3.23. The fraction of sp³-hybridized carbons (Fsp3) is 0.600. The van der Waals surface area contributed by atoms with E-state index >= 15 is 0 Å². The van der Waals surface area contributed by atoms with Gasteiger partial charge in [0.2, 0.25) is 0 Å². The summed E-state index contributed by atoms with van der Waals surface area (Å²) in [4.78, 5) is 2.46. The van der Waals surface area contributed by atoms with E-state index in [1.807, 2.05) is 12.1 Å². The number of benzene rings is 1. The Morgan fingerprint density at radius 1 is 1.39 bits per heavy atom. The van der Waals surface area contributed by atoms with Crippen molar-refractivity contribution in [2.75, 3.05) is 24.5 Å². The molecule has 0 aromatic heterocycles. The molecule has 1 saturated heterocycles. The highest BCUT2D eigenvalue weighted by Gasteiger charge is 2.44. The molecule has 98 valence electrons. The van der Waals surface area contributed by atoms with Crippen molar-refractivity contribution in [3.63, 3.8) is 0 Å². The quantitative estimate of drug-likeness (QED) is 0.882. The van der Waals surface area contributed by atoms with Gasteiger partial charge in [0.15, 0.2) is 0 Å². The summed E-state index contributed by atoms with van der Waals surface area (Å²) in [5, 5.41) is 4.60. The number of para-hydroxylation sites is 1. The molecule has 3 rings (SSSR count). The van der Waals surface area contributed by atoms with E-state index in [1.54, 1.807) is 0 Å². The van der Waals surface area contributed by atoms with Crippen LogP contribution in [0.4, 0.5) is 5.69 Å². The van der Waals surface area contributed by atoms with Crippen LogP contribution in [-0.4, -0.2) is 25.2 Å². The first-order valence-electron chi connectivity index (χ1n) is 6.85. The summed E-state index contributed by atoms with van der Waals surface area (Å²) in [6.07, 6.45) is 2.75. The summed E-state index contributed by atoms with van der Waals surface area (Å²) in [6.45, 7) is 7.69. The number of hydrogen-bond acceptors (Lipinski definition) is 2. The Morgan fingerprint density at radius 2 is 2.17 bits per heavy atom. The van der Waals surface area contributed by atoms with Crippen LogP contribution < -0.4 is 10.2 Å². The molecule has 18 heavy (non-hydrogen) atoms. The summed E-state index contributed by atoms with van der Waals surface area (Å²) in [7, 11) is 0. The smallest absolute Gasteiger partial charge is 0.0642 e. The molecule has 1 saturated carbocycles. The molecule has 1 aliphatic heterocycles. The molecule has 3 heteroatoms. The lowest BCUT2D eigenvalue weighted by Gasteiger charge is -2.43. The number of hydrogen-bond donors (Lipinski definition) is 1. The van der Waals surface area contributed by atoms with E-state index in [-0.39, 0.29) is 5.54 Å². The maximum absolute atomic E-state index is 6.39. The number of aryl methyl sites for hydroxylation is 1. The number of rotatable bonds is 2. The summed E-state index contributed by atoms with van der Waals surface area (Å²) >= 11 is 6.39. The van der Waals surface area contributed by atoms with Crippen LogP contribution >= 0.6 is 11.6 Å². The topological polar surface area (TPSA) is 15.3 Å². The maximum Gasteiger partial charge on any atom is 0.0642 e. The molecule has 0 spiro atoms. The number of anilines is 1. The van der Waals surface area contributed by atoms with Crippen molar-refractivity contribution in [1.29, 1.82) is 0 Å². The number of nitrogens with one attached hydrogen (secondary N) is 1. The van der Waals surface area contributed by atoms with Crippen molar-refractivity contribution in [2.45, 2.75) is 32.2 Å². The highest BCUT2D eigenvalue weighted by Crippen LogP contribution is 2.42. The summed E-state index contributed by atoms with van der Waals surface area (Å²) in [5.41, 5.74) is 2.78. The van der Waals surface area contributed by atoms with Gasteiger partial charge < -0.3 is 10.2 Å².